The van der Waals surface area contributed by atoms with Crippen LogP contribution in [0, 0.1) is 0 Å². The first-order valence-corrected chi connectivity index (χ1v) is 7.02. The second-order valence-corrected chi connectivity index (χ2v) is 6.53. The number of hydrogen-bond acceptors (Lipinski definition) is 3. The van der Waals surface area contributed by atoms with Gasteiger partial charge in [-0.3, -0.25) is 4.79 Å². The molecule has 1 fully saturated rings. The maximum Gasteiger partial charge on any atom is 0.326 e. The predicted molar refractivity (Wildman–Crippen MR) is 78.2 cm³/mol. The Bertz CT molecular complexity index is 544. The fraction of sp³-hybridized carbons (Fsp3) is 0.500. The highest BCUT2D eigenvalue weighted by Gasteiger charge is 2.39. The number of hydrogen-bond donors (Lipinski definition) is 2. The first-order chi connectivity index (χ1) is 9.70. The third-order valence-corrected chi connectivity index (χ3v) is 3.82. The molecule has 2 N–H and O–H groups in total. The van der Waals surface area contributed by atoms with E-state index in [-0.39, 0.29) is 24.3 Å². The minimum absolute atomic E-state index is 0.00494. The molecule has 0 bridgehead atoms. The number of carboxylic acid groups (broad SMARTS) is 1. The van der Waals surface area contributed by atoms with Crippen LogP contribution in [0.15, 0.2) is 24.3 Å². The second kappa shape index (κ2) is 5.48. The normalized spacial score (nSPS) is 22.4. The van der Waals surface area contributed by atoms with Gasteiger partial charge in [0, 0.05) is 18.5 Å². The SMILES string of the molecule is CC(C)(C)c1ccc(C(=O)N2CC(O)CC2C(=O)O)cc1. The standard InChI is InChI=1S/C16H21NO4/c1-16(2,3)11-6-4-10(5-7-11)14(19)17-9-12(18)8-13(17)15(20)21/h4-7,12-13,18H,8-9H2,1-3H3,(H,20,21). The Hall–Kier alpha value is -1.88. The van der Waals surface area contributed by atoms with Crippen LogP contribution in [0.2, 0.25) is 0 Å². The highest BCUT2D eigenvalue weighted by molar-refractivity contribution is 5.97. The van der Waals surface area contributed by atoms with Gasteiger partial charge in [0.25, 0.3) is 5.91 Å². The smallest absolute Gasteiger partial charge is 0.326 e. The van der Waals surface area contributed by atoms with Gasteiger partial charge in [0.05, 0.1) is 6.10 Å². The molecule has 1 amide bonds. The van der Waals surface area contributed by atoms with Gasteiger partial charge in [0.15, 0.2) is 0 Å². The quantitative estimate of drug-likeness (QED) is 0.868. The van der Waals surface area contributed by atoms with Crippen molar-refractivity contribution in [3.05, 3.63) is 35.4 Å². The van der Waals surface area contributed by atoms with Crippen LogP contribution in [0.3, 0.4) is 0 Å². The summed E-state index contributed by atoms with van der Waals surface area (Å²) in [5.41, 5.74) is 1.55. The minimum Gasteiger partial charge on any atom is -0.480 e. The predicted octanol–water partition coefficient (Wildman–Crippen LogP) is 1.64. The number of carbonyl (C=O) groups is 2. The molecule has 5 nitrogen and oxygen atoms in total. The summed E-state index contributed by atoms with van der Waals surface area (Å²) < 4.78 is 0. The van der Waals surface area contributed by atoms with Gasteiger partial charge in [0.1, 0.15) is 6.04 Å². The molecule has 2 unspecified atom stereocenters. The number of nitrogens with zero attached hydrogens (tertiary/aromatic N) is 1. The highest BCUT2D eigenvalue weighted by atomic mass is 16.4. The number of amides is 1. The molecule has 1 aromatic rings. The Morgan fingerprint density at radius 3 is 2.24 bits per heavy atom. The highest BCUT2D eigenvalue weighted by Crippen LogP contribution is 2.24. The van der Waals surface area contributed by atoms with Gasteiger partial charge in [-0.25, -0.2) is 4.79 Å². The van der Waals surface area contributed by atoms with E-state index >= 15 is 0 Å². The molecule has 21 heavy (non-hydrogen) atoms. The lowest BCUT2D eigenvalue weighted by Gasteiger charge is -2.22. The van der Waals surface area contributed by atoms with E-state index in [9.17, 15) is 14.7 Å². The van der Waals surface area contributed by atoms with Crippen LogP contribution in [0.5, 0.6) is 0 Å². The summed E-state index contributed by atoms with van der Waals surface area (Å²) in [6, 6.07) is 6.25. The van der Waals surface area contributed by atoms with Crippen molar-refractivity contribution in [1.82, 2.24) is 4.90 Å². The Balaban J connectivity index is 2.22. The van der Waals surface area contributed by atoms with Gasteiger partial charge in [0.2, 0.25) is 0 Å². The topological polar surface area (TPSA) is 77.8 Å². The fourth-order valence-corrected chi connectivity index (χ4v) is 2.55. The first kappa shape index (κ1) is 15.5. The molecule has 1 aromatic carbocycles. The van der Waals surface area contributed by atoms with Gasteiger partial charge in [-0.05, 0) is 23.1 Å². The van der Waals surface area contributed by atoms with Gasteiger partial charge in [-0.1, -0.05) is 32.9 Å². The lowest BCUT2D eigenvalue weighted by molar-refractivity contribution is -0.141. The van der Waals surface area contributed by atoms with E-state index in [4.69, 9.17) is 5.11 Å². The molecule has 0 saturated carbocycles. The molecule has 1 aliphatic heterocycles. The molecule has 2 atom stereocenters. The van der Waals surface area contributed by atoms with E-state index in [1.807, 2.05) is 12.1 Å². The summed E-state index contributed by atoms with van der Waals surface area (Å²) >= 11 is 0. The summed E-state index contributed by atoms with van der Waals surface area (Å²) in [5.74, 6) is -1.43. The number of carbonyl (C=O) groups excluding carboxylic acids is 1. The van der Waals surface area contributed by atoms with Gasteiger partial charge in [-0.15, -0.1) is 0 Å². The lowest BCUT2D eigenvalue weighted by atomic mass is 9.86. The Morgan fingerprint density at radius 2 is 1.76 bits per heavy atom. The molecule has 1 aliphatic rings. The molecule has 1 saturated heterocycles. The lowest BCUT2D eigenvalue weighted by Crippen LogP contribution is -2.40. The maximum atomic E-state index is 12.4. The number of benzene rings is 1. The monoisotopic (exact) mass is 291 g/mol. The van der Waals surface area contributed by atoms with Crippen molar-refractivity contribution in [2.45, 2.75) is 44.8 Å². The largest absolute Gasteiger partial charge is 0.480 e. The van der Waals surface area contributed by atoms with E-state index in [1.165, 1.54) is 4.90 Å². The average molecular weight is 291 g/mol. The number of carboxylic acids is 1. The number of aliphatic hydroxyl groups is 1. The number of likely N-dealkylation sites (tertiary alicyclic amines) is 1. The van der Waals surface area contributed by atoms with E-state index in [2.05, 4.69) is 20.8 Å². The van der Waals surface area contributed by atoms with E-state index in [0.29, 0.717) is 5.56 Å². The maximum absolute atomic E-state index is 12.4. The van der Waals surface area contributed by atoms with E-state index in [1.54, 1.807) is 12.1 Å². The molecular weight excluding hydrogens is 270 g/mol. The Kier molecular flexibility index (Phi) is 4.05. The fourth-order valence-electron chi connectivity index (χ4n) is 2.55. The Morgan fingerprint density at radius 1 is 1.19 bits per heavy atom. The van der Waals surface area contributed by atoms with Gasteiger partial charge in [-0.2, -0.15) is 0 Å². The van der Waals surface area contributed by atoms with Crippen LogP contribution in [0.4, 0.5) is 0 Å². The number of aliphatic hydroxyl groups excluding tert-OH is 1. The summed E-state index contributed by atoms with van der Waals surface area (Å²) in [4.78, 5) is 24.8. The van der Waals surface area contributed by atoms with Gasteiger partial charge < -0.3 is 15.1 Å². The van der Waals surface area contributed by atoms with Crippen molar-refractivity contribution in [2.75, 3.05) is 6.54 Å². The minimum atomic E-state index is -1.08. The van der Waals surface area contributed by atoms with Crippen LogP contribution in [-0.4, -0.2) is 45.7 Å². The number of aliphatic carboxylic acids is 1. The Labute approximate surface area is 124 Å². The first-order valence-electron chi connectivity index (χ1n) is 7.02. The van der Waals surface area contributed by atoms with E-state index < -0.39 is 18.1 Å². The summed E-state index contributed by atoms with van der Waals surface area (Å²) in [7, 11) is 0. The van der Waals surface area contributed by atoms with E-state index in [0.717, 1.165) is 5.56 Å². The van der Waals surface area contributed by atoms with Crippen molar-refractivity contribution < 1.29 is 19.8 Å². The zero-order chi connectivity index (χ0) is 15.8. The molecule has 0 radical (unpaired) electrons. The molecule has 2 rings (SSSR count). The van der Waals surface area contributed by atoms with Crippen LogP contribution < -0.4 is 0 Å². The van der Waals surface area contributed by atoms with Crippen LogP contribution in [0.1, 0.15) is 43.1 Å². The second-order valence-electron chi connectivity index (χ2n) is 6.53. The molecule has 0 aromatic heterocycles. The molecule has 5 heteroatoms. The summed E-state index contributed by atoms with van der Waals surface area (Å²) in [5, 5.41) is 18.8. The third-order valence-electron chi connectivity index (χ3n) is 3.82. The zero-order valence-corrected chi connectivity index (χ0v) is 12.5. The van der Waals surface area contributed by atoms with Crippen molar-refractivity contribution in [2.24, 2.45) is 0 Å². The van der Waals surface area contributed by atoms with Gasteiger partial charge >= 0.3 is 5.97 Å². The average Bonchev–Trinajstić information content (AvgIpc) is 2.79. The van der Waals surface area contributed by atoms with Crippen molar-refractivity contribution >= 4 is 11.9 Å². The van der Waals surface area contributed by atoms with Crippen molar-refractivity contribution in [1.29, 1.82) is 0 Å². The van der Waals surface area contributed by atoms with Crippen LogP contribution in [0.25, 0.3) is 0 Å². The van der Waals surface area contributed by atoms with Crippen molar-refractivity contribution in [3.8, 4) is 0 Å². The molecule has 0 spiro atoms. The summed E-state index contributed by atoms with van der Waals surface area (Å²) in [6.07, 6.45) is -0.690. The van der Waals surface area contributed by atoms with Crippen LogP contribution >= 0.6 is 0 Å². The third kappa shape index (κ3) is 3.24. The summed E-state index contributed by atoms with van der Waals surface area (Å²) in [6.45, 7) is 6.32. The molecule has 114 valence electrons. The zero-order valence-electron chi connectivity index (χ0n) is 12.5. The molecule has 1 heterocycles. The molecular formula is C16H21NO4. The van der Waals surface area contributed by atoms with Crippen molar-refractivity contribution in [3.63, 3.8) is 0 Å². The molecule has 0 aliphatic carbocycles. The number of β-amino-alcohol motifs (C(OH)–C–C–N with tert-alkyl or cyclic N) is 1. The number of rotatable bonds is 2. The van der Waals surface area contributed by atoms with Crippen LogP contribution in [-0.2, 0) is 10.2 Å².